The quantitative estimate of drug-likeness (QED) is 0.616. The fraction of sp³-hybridized carbons (Fsp3) is 0.591. The normalized spacial score (nSPS) is 23.1. The molecular formula is C22H29N5O3S. The average molecular weight is 444 g/mol. The topological polar surface area (TPSA) is 85.5 Å². The van der Waals surface area contributed by atoms with E-state index in [4.69, 9.17) is 24.0 Å². The maximum atomic E-state index is 6.57. The lowest BCUT2D eigenvalue weighted by Crippen LogP contribution is -2.35. The van der Waals surface area contributed by atoms with Crippen molar-refractivity contribution in [3.8, 4) is 5.88 Å². The summed E-state index contributed by atoms with van der Waals surface area (Å²) < 4.78 is 17.5. The minimum Gasteiger partial charge on any atom is -0.474 e. The van der Waals surface area contributed by atoms with Crippen LogP contribution < -0.4 is 10.1 Å². The van der Waals surface area contributed by atoms with E-state index in [1.165, 1.54) is 16.7 Å². The van der Waals surface area contributed by atoms with Gasteiger partial charge in [-0.3, -0.25) is 0 Å². The maximum Gasteiger partial charge on any atom is 0.232 e. The van der Waals surface area contributed by atoms with Gasteiger partial charge in [0.15, 0.2) is 0 Å². The summed E-state index contributed by atoms with van der Waals surface area (Å²) in [5, 5.41) is 7.97. The molecule has 3 aromatic rings. The number of nitrogens with one attached hydrogen (secondary N) is 1. The van der Waals surface area contributed by atoms with Gasteiger partial charge in [0.2, 0.25) is 11.8 Å². The molecule has 0 radical (unpaired) electrons. The lowest BCUT2D eigenvalue weighted by atomic mass is 9.92. The van der Waals surface area contributed by atoms with Crippen LogP contribution in [0.5, 0.6) is 5.88 Å². The Kier molecular flexibility index (Phi) is 5.35. The summed E-state index contributed by atoms with van der Waals surface area (Å²) in [6.45, 7) is 4.86. The van der Waals surface area contributed by atoms with Crippen LogP contribution in [0, 0.1) is 0 Å². The van der Waals surface area contributed by atoms with E-state index >= 15 is 0 Å². The molecule has 0 spiro atoms. The Bertz CT molecular complexity index is 1050. The number of anilines is 2. The molecular weight excluding hydrogens is 414 g/mol. The van der Waals surface area contributed by atoms with Crippen molar-refractivity contribution >= 4 is 33.2 Å². The van der Waals surface area contributed by atoms with E-state index in [2.05, 4.69) is 43.3 Å². The molecule has 0 unspecified atom stereocenters. The number of nitrogens with zero attached hydrogens (tertiary/aromatic N) is 4. The minimum absolute atomic E-state index is 0.168. The van der Waals surface area contributed by atoms with E-state index < -0.39 is 0 Å². The summed E-state index contributed by atoms with van der Waals surface area (Å²) in [6, 6.07) is 0.628. The fourth-order valence-electron chi connectivity index (χ4n) is 4.49. The second-order valence-corrected chi connectivity index (χ2v) is 10.4. The number of rotatable bonds is 5. The van der Waals surface area contributed by atoms with Gasteiger partial charge in [-0.1, -0.05) is 5.16 Å². The first-order valence-corrected chi connectivity index (χ1v) is 11.7. The molecule has 0 amide bonds. The number of thiophene rings is 1. The summed E-state index contributed by atoms with van der Waals surface area (Å²) >= 11 is 1.67. The van der Waals surface area contributed by atoms with Gasteiger partial charge >= 0.3 is 0 Å². The van der Waals surface area contributed by atoms with E-state index in [1.807, 2.05) is 0 Å². The van der Waals surface area contributed by atoms with Crippen LogP contribution in [0.4, 0.5) is 11.6 Å². The van der Waals surface area contributed by atoms with Gasteiger partial charge < -0.3 is 24.2 Å². The predicted molar refractivity (Wildman–Crippen MR) is 120 cm³/mol. The molecule has 0 saturated heterocycles. The van der Waals surface area contributed by atoms with Crippen LogP contribution in [0.15, 0.2) is 17.0 Å². The van der Waals surface area contributed by atoms with Gasteiger partial charge in [0.05, 0.1) is 23.8 Å². The van der Waals surface area contributed by atoms with Crippen molar-refractivity contribution in [3.63, 3.8) is 0 Å². The van der Waals surface area contributed by atoms with Crippen molar-refractivity contribution in [2.45, 2.75) is 70.3 Å². The number of hydrogen-bond donors (Lipinski definition) is 1. The summed E-state index contributed by atoms with van der Waals surface area (Å²) in [5.41, 5.74) is 1.77. The van der Waals surface area contributed by atoms with Crippen LogP contribution in [0.25, 0.3) is 10.2 Å². The predicted octanol–water partition coefficient (Wildman–Crippen LogP) is 4.53. The molecule has 0 bridgehead atoms. The van der Waals surface area contributed by atoms with E-state index in [0.717, 1.165) is 42.3 Å². The Morgan fingerprint density at radius 1 is 1.19 bits per heavy atom. The van der Waals surface area contributed by atoms with E-state index in [0.29, 0.717) is 30.2 Å². The van der Waals surface area contributed by atoms with Gasteiger partial charge in [-0.15, -0.1) is 11.3 Å². The second kappa shape index (κ2) is 8.03. The Morgan fingerprint density at radius 3 is 2.71 bits per heavy atom. The number of fused-ring (bicyclic) bond motifs is 3. The van der Waals surface area contributed by atoms with Gasteiger partial charge in [-0.05, 0) is 59.2 Å². The molecule has 31 heavy (non-hydrogen) atoms. The number of ether oxygens (including phenoxy) is 2. The first-order valence-electron chi connectivity index (χ1n) is 10.8. The highest BCUT2D eigenvalue weighted by Gasteiger charge is 2.32. The zero-order valence-electron chi connectivity index (χ0n) is 18.5. The van der Waals surface area contributed by atoms with Crippen LogP contribution in [0.2, 0.25) is 0 Å². The van der Waals surface area contributed by atoms with Gasteiger partial charge in [0.1, 0.15) is 22.9 Å². The Hall–Kier alpha value is -2.23. The Labute approximate surface area is 185 Å². The average Bonchev–Trinajstić information content (AvgIpc) is 3.35. The van der Waals surface area contributed by atoms with Crippen LogP contribution in [0.1, 0.15) is 50.0 Å². The first-order chi connectivity index (χ1) is 14.9. The molecule has 1 aliphatic heterocycles. The molecule has 8 nitrogen and oxygen atoms in total. The van der Waals surface area contributed by atoms with Gasteiger partial charge in [0, 0.05) is 17.3 Å². The summed E-state index contributed by atoms with van der Waals surface area (Å²) in [7, 11) is 4.31. The molecule has 3 aromatic heterocycles. The van der Waals surface area contributed by atoms with Gasteiger partial charge in [-0.2, -0.15) is 4.98 Å². The molecule has 1 aliphatic carbocycles. The zero-order chi connectivity index (χ0) is 21.6. The number of aromatic nitrogens is 3. The van der Waals surface area contributed by atoms with Crippen LogP contribution in [0.3, 0.4) is 0 Å². The third kappa shape index (κ3) is 4.26. The van der Waals surface area contributed by atoms with E-state index in [9.17, 15) is 0 Å². The molecule has 1 fully saturated rings. The van der Waals surface area contributed by atoms with Crippen molar-refractivity contribution in [1.82, 2.24) is 20.0 Å². The Balaban J connectivity index is 1.50. The van der Waals surface area contributed by atoms with Crippen LogP contribution >= 0.6 is 11.3 Å². The van der Waals surface area contributed by atoms with Crippen molar-refractivity contribution in [1.29, 1.82) is 0 Å². The molecule has 0 aromatic carbocycles. The van der Waals surface area contributed by atoms with Crippen LogP contribution in [-0.4, -0.2) is 51.9 Å². The number of hydrogen-bond acceptors (Lipinski definition) is 9. The second-order valence-electron chi connectivity index (χ2n) is 9.31. The van der Waals surface area contributed by atoms with Gasteiger partial charge in [0.25, 0.3) is 0 Å². The highest BCUT2D eigenvalue weighted by Crippen LogP contribution is 2.43. The summed E-state index contributed by atoms with van der Waals surface area (Å²) in [5.74, 6) is 1.17. The van der Waals surface area contributed by atoms with E-state index in [1.54, 1.807) is 17.5 Å². The molecule has 166 valence electrons. The zero-order valence-corrected chi connectivity index (χ0v) is 19.3. The largest absolute Gasteiger partial charge is 0.474 e. The monoisotopic (exact) mass is 443 g/mol. The third-order valence-corrected chi connectivity index (χ3v) is 7.34. The molecule has 1 N–H and O–H groups in total. The standard InChI is InChI=1S/C22H29N5O3S/c1-22(2)9-16-17(12-28-22)31-20-18(16)19(25-21(26-20)24-13-10-23-29-11-13)30-15-7-5-14(6-8-15)27(3)4/h10-11,14-15H,5-9,12H2,1-4H3,(H,24,25,26)/t14-,15-. The van der Waals surface area contributed by atoms with Crippen molar-refractivity contribution in [3.05, 3.63) is 22.9 Å². The van der Waals surface area contributed by atoms with Crippen molar-refractivity contribution in [2.75, 3.05) is 19.4 Å². The third-order valence-electron chi connectivity index (χ3n) is 6.24. The molecule has 1 saturated carbocycles. The summed E-state index contributed by atoms with van der Waals surface area (Å²) in [6.07, 6.45) is 8.47. The fourth-order valence-corrected chi connectivity index (χ4v) is 5.58. The first kappa shape index (κ1) is 20.7. The molecule has 2 aliphatic rings. The molecule has 9 heteroatoms. The van der Waals surface area contributed by atoms with Crippen molar-refractivity contribution < 1.29 is 14.0 Å². The van der Waals surface area contributed by atoms with E-state index in [-0.39, 0.29) is 11.7 Å². The lowest BCUT2D eigenvalue weighted by Gasteiger charge is -2.33. The minimum atomic E-state index is -0.207. The van der Waals surface area contributed by atoms with Gasteiger partial charge in [-0.25, -0.2) is 4.98 Å². The van der Waals surface area contributed by atoms with Crippen molar-refractivity contribution in [2.24, 2.45) is 0 Å². The smallest absolute Gasteiger partial charge is 0.232 e. The highest BCUT2D eigenvalue weighted by atomic mass is 32.1. The lowest BCUT2D eigenvalue weighted by molar-refractivity contribution is -0.0379. The highest BCUT2D eigenvalue weighted by molar-refractivity contribution is 7.18. The molecule has 4 heterocycles. The maximum absolute atomic E-state index is 6.57. The molecule has 5 rings (SSSR count). The van der Waals surface area contributed by atoms with Crippen LogP contribution in [-0.2, 0) is 17.8 Å². The Morgan fingerprint density at radius 2 is 2.00 bits per heavy atom. The summed E-state index contributed by atoms with van der Waals surface area (Å²) in [4.78, 5) is 14.0. The molecule has 0 atom stereocenters. The SMILES string of the molecule is CN(C)[C@H]1CC[C@H](Oc2nc(Nc3cnoc3)nc3sc4c(c23)CC(C)(C)OC4)CC1.